The van der Waals surface area contributed by atoms with Crippen LogP contribution in [-0.2, 0) is 14.8 Å². The second-order valence-corrected chi connectivity index (χ2v) is 6.90. The number of halogens is 1. The molecule has 0 bridgehead atoms. The summed E-state index contributed by atoms with van der Waals surface area (Å²) >= 11 is 5.81. The first-order valence-corrected chi connectivity index (χ1v) is 8.35. The lowest BCUT2D eigenvalue weighted by molar-refractivity contribution is -0.115. The van der Waals surface area contributed by atoms with E-state index in [9.17, 15) is 13.2 Å². The quantitative estimate of drug-likeness (QED) is 0.879. The van der Waals surface area contributed by atoms with Crippen molar-refractivity contribution >= 4 is 33.2 Å². The van der Waals surface area contributed by atoms with E-state index in [0.717, 1.165) is 5.56 Å². The summed E-state index contributed by atoms with van der Waals surface area (Å²) in [5, 5.41) is 3.05. The van der Waals surface area contributed by atoms with Crippen LogP contribution in [0, 0.1) is 6.92 Å². The first kappa shape index (κ1) is 16.5. The van der Waals surface area contributed by atoms with Crippen LogP contribution in [-0.4, -0.2) is 20.9 Å². The molecule has 0 fully saturated rings. The van der Waals surface area contributed by atoms with Gasteiger partial charge in [0, 0.05) is 10.7 Å². The summed E-state index contributed by atoms with van der Waals surface area (Å²) in [4.78, 5) is 11.9. The highest BCUT2D eigenvalue weighted by atomic mass is 35.5. The summed E-state index contributed by atoms with van der Waals surface area (Å²) in [6.07, 6.45) is 0. The monoisotopic (exact) mass is 338 g/mol. The van der Waals surface area contributed by atoms with Crippen molar-refractivity contribution in [1.29, 1.82) is 0 Å². The molecular weight excluding hydrogens is 324 g/mol. The van der Waals surface area contributed by atoms with Gasteiger partial charge in [-0.25, -0.2) is 13.1 Å². The Morgan fingerprint density at radius 2 is 1.82 bits per heavy atom. The number of nitrogens with one attached hydrogen (secondary N) is 2. The van der Waals surface area contributed by atoms with Crippen molar-refractivity contribution in [3.05, 3.63) is 59.1 Å². The molecule has 0 heterocycles. The van der Waals surface area contributed by atoms with E-state index in [2.05, 4.69) is 10.0 Å². The van der Waals surface area contributed by atoms with Crippen molar-refractivity contribution < 1.29 is 13.2 Å². The number of aryl methyl sites for hydroxylation is 1. The van der Waals surface area contributed by atoms with Gasteiger partial charge < -0.3 is 5.32 Å². The lowest BCUT2D eigenvalue weighted by Crippen LogP contribution is -2.32. The molecule has 22 heavy (non-hydrogen) atoms. The molecule has 2 rings (SSSR count). The molecule has 0 aliphatic rings. The maximum Gasteiger partial charge on any atom is 0.241 e. The van der Waals surface area contributed by atoms with Gasteiger partial charge in [0.2, 0.25) is 15.9 Å². The fourth-order valence-corrected chi connectivity index (χ4v) is 2.91. The van der Waals surface area contributed by atoms with Gasteiger partial charge in [-0.05, 0) is 37.3 Å². The Labute approximate surface area is 134 Å². The second-order valence-electron chi connectivity index (χ2n) is 4.70. The number of hydrogen-bond donors (Lipinski definition) is 2. The number of anilines is 1. The van der Waals surface area contributed by atoms with Crippen LogP contribution in [0.4, 0.5) is 5.69 Å². The van der Waals surface area contributed by atoms with Gasteiger partial charge in [0.05, 0.1) is 11.4 Å². The Morgan fingerprint density at radius 1 is 1.14 bits per heavy atom. The summed E-state index contributed by atoms with van der Waals surface area (Å²) in [5.41, 5.74) is 1.46. The summed E-state index contributed by atoms with van der Waals surface area (Å²) in [7, 11) is -3.71. The van der Waals surface area contributed by atoms with Crippen LogP contribution >= 0.6 is 11.6 Å². The molecule has 0 spiro atoms. The van der Waals surface area contributed by atoms with E-state index in [1.54, 1.807) is 36.4 Å². The average Bonchev–Trinajstić information content (AvgIpc) is 2.46. The topological polar surface area (TPSA) is 75.3 Å². The van der Waals surface area contributed by atoms with Crippen LogP contribution in [0.1, 0.15) is 5.56 Å². The fourth-order valence-electron chi connectivity index (χ4n) is 1.73. The lowest BCUT2D eigenvalue weighted by atomic mass is 10.2. The first-order valence-electron chi connectivity index (χ1n) is 6.48. The number of benzene rings is 2. The van der Waals surface area contributed by atoms with Gasteiger partial charge in [-0.2, -0.15) is 0 Å². The van der Waals surface area contributed by atoms with E-state index < -0.39 is 15.9 Å². The van der Waals surface area contributed by atoms with Crippen LogP contribution < -0.4 is 10.0 Å². The molecule has 0 aliphatic heterocycles. The molecule has 0 aromatic heterocycles. The summed E-state index contributed by atoms with van der Waals surface area (Å²) in [6.45, 7) is 1.50. The van der Waals surface area contributed by atoms with Gasteiger partial charge in [0.1, 0.15) is 0 Å². The van der Waals surface area contributed by atoms with Crippen molar-refractivity contribution in [3.63, 3.8) is 0 Å². The van der Waals surface area contributed by atoms with Crippen LogP contribution in [0.15, 0.2) is 53.4 Å². The zero-order chi connectivity index (χ0) is 16.2. The number of amides is 1. The molecule has 1 amide bonds. The van der Waals surface area contributed by atoms with Crippen molar-refractivity contribution in [1.82, 2.24) is 4.72 Å². The maximum absolute atomic E-state index is 12.0. The number of sulfonamides is 1. The van der Waals surface area contributed by atoms with Crippen molar-refractivity contribution in [2.45, 2.75) is 11.8 Å². The summed E-state index contributed by atoms with van der Waals surface area (Å²) in [5.74, 6) is -0.474. The van der Waals surface area contributed by atoms with E-state index in [-0.39, 0.29) is 11.4 Å². The SMILES string of the molecule is Cc1ccc(S(=O)(=O)NCC(=O)Nc2cccc(Cl)c2)cc1. The van der Waals surface area contributed by atoms with Crippen LogP contribution in [0.25, 0.3) is 0 Å². The minimum Gasteiger partial charge on any atom is -0.325 e. The van der Waals surface area contributed by atoms with E-state index in [4.69, 9.17) is 11.6 Å². The molecule has 7 heteroatoms. The predicted octanol–water partition coefficient (Wildman–Crippen LogP) is 2.57. The largest absolute Gasteiger partial charge is 0.325 e. The molecule has 116 valence electrons. The molecule has 0 radical (unpaired) electrons. The molecule has 2 N–H and O–H groups in total. The Bertz CT molecular complexity index is 774. The average molecular weight is 339 g/mol. The molecule has 5 nitrogen and oxygen atoms in total. The molecular formula is C15H15ClN2O3S. The number of hydrogen-bond acceptors (Lipinski definition) is 3. The Hall–Kier alpha value is -1.89. The third kappa shape index (κ3) is 4.56. The van der Waals surface area contributed by atoms with Gasteiger partial charge in [-0.3, -0.25) is 4.79 Å². The van der Waals surface area contributed by atoms with Gasteiger partial charge in [-0.15, -0.1) is 0 Å². The standard InChI is InChI=1S/C15H15ClN2O3S/c1-11-5-7-14(8-6-11)22(20,21)17-10-15(19)18-13-4-2-3-12(16)9-13/h2-9,17H,10H2,1H3,(H,18,19). The van der Waals surface area contributed by atoms with E-state index in [1.807, 2.05) is 6.92 Å². The van der Waals surface area contributed by atoms with Crippen molar-refractivity contribution in [2.75, 3.05) is 11.9 Å². The molecule has 0 saturated carbocycles. The number of carbonyl (C=O) groups excluding carboxylic acids is 1. The van der Waals surface area contributed by atoms with E-state index >= 15 is 0 Å². The van der Waals surface area contributed by atoms with Crippen molar-refractivity contribution in [3.8, 4) is 0 Å². The molecule has 0 atom stereocenters. The van der Waals surface area contributed by atoms with Gasteiger partial charge in [-0.1, -0.05) is 35.4 Å². The van der Waals surface area contributed by atoms with Crippen LogP contribution in [0.3, 0.4) is 0 Å². The lowest BCUT2D eigenvalue weighted by Gasteiger charge is -2.08. The van der Waals surface area contributed by atoms with E-state index in [0.29, 0.717) is 10.7 Å². The number of rotatable bonds is 5. The first-order chi connectivity index (χ1) is 10.4. The van der Waals surface area contributed by atoms with Gasteiger partial charge >= 0.3 is 0 Å². The molecule has 0 saturated heterocycles. The summed E-state index contributed by atoms with van der Waals surface area (Å²) in [6, 6.07) is 13.0. The maximum atomic E-state index is 12.0. The molecule has 2 aromatic carbocycles. The fraction of sp³-hybridized carbons (Fsp3) is 0.133. The Balaban J connectivity index is 1.97. The minimum atomic E-state index is -3.71. The Morgan fingerprint density at radius 3 is 2.45 bits per heavy atom. The molecule has 0 aliphatic carbocycles. The third-order valence-corrected chi connectivity index (χ3v) is 4.51. The second kappa shape index (κ2) is 6.91. The van der Waals surface area contributed by atoms with Crippen molar-refractivity contribution in [2.24, 2.45) is 0 Å². The summed E-state index contributed by atoms with van der Waals surface area (Å²) < 4.78 is 26.3. The Kier molecular flexibility index (Phi) is 5.18. The van der Waals surface area contributed by atoms with Gasteiger partial charge in [0.25, 0.3) is 0 Å². The number of carbonyl (C=O) groups is 1. The minimum absolute atomic E-state index is 0.119. The van der Waals surface area contributed by atoms with Crippen LogP contribution in [0.5, 0.6) is 0 Å². The predicted molar refractivity (Wildman–Crippen MR) is 86.4 cm³/mol. The highest BCUT2D eigenvalue weighted by Gasteiger charge is 2.15. The highest BCUT2D eigenvalue weighted by molar-refractivity contribution is 7.89. The van der Waals surface area contributed by atoms with Gasteiger partial charge in [0.15, 0.2) is 0 Å². The van der Waals surface area contributed by atoms with Crippen LogP contribution in [0.2, 0.25) is 5.02 Å². The highest BCUT2D eigenvalue weighted by Crippen LogP contribution is 2.14. The zero-order valence-corrected chi connectivity index (χ0v) is 13.4. The molecule has 2 aromatic rings. The molecule has 0 unspecified atom stereocenters. The normalized spacial score (nSPS) is 11.2. The third-order valence-electron chi connectivity index (χ3n) is 2.86. The zero-order valence-electron chi connectivity index (χ0n) is 11.8. The smallest absolute Gasteiger partial charge is 0.241 e. The van der Waals surface area contributed by atoms with E-state index in [1.165, 1.54) is 12.1 Å².